The maximum atomic E-state index is 12.9. The Morgan fingerprint density at radius 2 is 2.13 bits per heavy atom. The standard InChI is InChI=1S/C24H31N5OS/c1-24(2,3)21-19(14-26-28-21)16-29-12-7-10-18(15-29)20(23-25-11-13-31-23)27-22(30)17-8-5-4-6-9-17/h4-6,8-9,11,13-14,18,20H,7,10,12,15-16H2,1-3H3,(H,26,28)(H,27,30)/t18-,20-/m1/s1. The number of thiazole rings is 1. The summed E-state index contributed by atoms with van der Waals surface area (Å²) in [4.78, 5) is 20.0. The number of benzene rings is 1. The van der Waals surface area contributed by atoms with E-state index in [1.54, 1.807) is 11.3 Å². The molecular weight excluding hydrogens is 406 g/mol. The van der Waals surface area contributed by atoms with Gasteiger partial charge in [-0.25, -0.2) is 4.98 Å². The number of nitrogens with one attached hydrogen (secondary N) is 2. The lowest BCUT2D eigenvalue weighted by atomic mass is 9.88. The number of rotatable bonds is 6. The number of carbonyl (C=O) groups is 1. The Morgan fingerprint density at radius 3 is 2.84 bits per heavy atom. The number of nitrogens with zero attached hydrogens (tertiary/aromatic N) is 3. The van der Waals surface area contributed by atoms with Crippen molar-refractivity contribution in [3.8, 4) is 0 Å². The monoisotopic (exact) mass is 437 g/mol. The molecule has 1 amide bonds. The van der Waals surface area contributed by atoms with Gasteiger partial charge in [-0.2, -0.15) is 5.10 Å². The van der Waals surface area contributed by atoms with E-state index in [4.69, 9.17) is 0 Å². The first-order chi connectivity index (χ1) is 14.9. The Morgan fingerprint density at radius 1 is 1.32 bits per heavy atom. The smallest absolute Gasteiger partial charge is 0.251 e. The van der Waals surface area contributed by atoms with Gasteiger partial charge in [0.15, 0.2) is 0 Å². The van der Waals surface area contributed by atoms with Gasteiger partial charge in [0, 0.05) is 46.9 Å². The number of hydrogen-bond acceptors (Lipinski definition) is 5. The second kappa shape index (κ2) is 9.32. The minimum Gasteiger partial charge on any atom is -0.342 e. The van der Waals surface area contributed by atoms with Crippen LogP contribution in [0, 0.1) is 5.92 Å². The number of H-pyrrole nitrogens is 1. The third-order valence-corrected chi connectivity index (χ3v) is 6.77. The van der Waals surface area contributed by atoms with Crippen LogP contribution in [-0.4, -0.2) is 39.1 Å². The molecule has 6 nitrogen and oxygen atoms in total. The van der Waals surface area contributed by atoms with Gasteiger partial charge in [0.2, 0.25) is 0 Å². The molecule has 7 heteroatoms. The predicted molar refractivity (Wildman–Crippen MR) is 124 cm³/mol. The second-order valence-electron chi connectivity index (χ2n) is 9.35. The molecule has 3 heterocycles. The highest BCUT2D eigenvalue weighted by atomic mass is 32.1. The molecule has 31 heavy (non-hydrogen) atoms. The average Bonchev–Trinajstić information content (AvgIpc) is 3.45. The van der Waals surface area contributed by atoms with E-state index in [1.807, 2.05) is 48.1 Å². The fourth-order valence-electron chi connectivity index (χ4n) is 4.41. The van der Waals surface area contributed by atoms with Crippen molar-refractivity contribution in [2.75, 3.05) is 13.1 Å². The zero-order valence-electron chi connectivity index (χ0n) is 18.5. The first-order valence-corrected chi connectivity index (χ1v) is 11.8. The maximum Gasteiger partial charge on any atom is 0.251 e. The Balaban J connectivity index is 1.50. The highest BCUT2D eigenvalue weighted by molar-refractivity contribution is 7.09. The van der Waals surface area contributed by atoms with Crippen molar-refractivity contribution >= 4 is 17.2 Å². The summed E-state index contributed by atoms with van der Waals surface area (Å²) < 4.78 is 0. The summed E-state index contributed by atoms with van der Waals surface area (Å²) in [5.41, 5.74) is 3.18. The molecule has 0 bridgehead atoms. The molecule has 1 aliphatic rings. The summed E-state index contributed by atoms with van der Waals surface area (Å²) in [7, 11) is 0. The molecule has 164 valence electrons. The molecule has 1 fully saturated rings. The number of amides is 1. The Bertz CT molecular complexity index is 977. The van der Waals surface area contributed by atoms with Crippen LogP contribution in [-0.2, 0) is 12.0 Å². The molecule has 2 N–H and O–H groups in total. The lowest BCUT2D eigenvalue weighted by Gasteiger charge is -2.37. The van der Waals surface area contributed by atoms with E-state index in [-0.39, 0.29) is 17.4 Å². The van der Waals surface area contributed by atoms with Crippen LogP contribution in [0.15, 0.2) is 48.1 Å². The molecule has 0 spiro atoms. The van der Waals surface area contributed by atoms with Gasteiger partial charge >= 0.3 is 0 Å². The molecule has 0 aliphatic carbocycles. The summed E-state index contributed by atoms with van der Waals surface area (Å²) in [5.74, 6) is 0.278. The van der Waals surface area contributed by atoms with Gasteiger partial charge in [-0.1, -0.05) is 39.0 Å². The minimum absolute atomic E-state index is 0.0358. The molecule has 1 saturated heterocycles. The molecule has 1 aliphatic heterocycles. The molecule has 0 radical (unpaired) electrons. The minimum atomic E-state index is -0.0815. The van der Waals surface area contributed by atoms with E-state index in [0.29, 0.717) is 11.5 Å². The molecule has 2 aromatic heterocycles. The van der Waals surface area contributed by atoms with Gasteiger partial charge in [0.1, 0.15) is 5.01 Å². The van der Waals surface area contributed by atoms with Gasteiger partial charge in [-0.05, 0) is 37.4 Å². The first-order valence-electron chi connectivity index (χ1n) is 10.9. The van der Waals surface area contributed by atoms with E-state index >= 15 is 0 Å². The van der Waals surface area contributed by atoms with Crippen LogP contribution < -0.4 is 5.32 Å². The lowest BCUT2D eigenvalue weighted by molar-refractivity contribution is 0.0877. The van der Waals surface area contributed by atoms with Crippen LogP contribution in [0.1, 0.15) is 66.3 Å². The lowest BCUT2D eigenvalue weighted by Crippen LogP contribution is -2.42. The highest BCUT2D eigenvalue weighted by Crippen LogP contribution is 2.33. The molecule has 4 rings (SSSR count). The van der Waals surface area contributed by atoms with Gasteiger partial charge in [-0.15, -0.1) is 11.3 Å². The van der Waals surface area contributed by atoms with E-state index in [2.05, 4.69) is 46.2 Å². The van der Waals surface area contributed by atoms with Gasteiger partial charge in [0.25, 0.3) is 5.91 Å². The largest absolute Gasteiger partial charge is 0.342 e. The van der Waals surface area contributed by atoms with Crippen molar-refractivity contribution in [2.45, 2.75) is 51.6 Å². The molecule has 2 atom stereocenters. The maximum absolute atomic E-state index is 12.9. The summed E-state index contributed by atoms with van der Waals surface area (Å²) >= 11 is 1.61. The topological polar surface area (TPSA) is 73.9 Å². The quantitative estimate of drug-likeness (QED) is 0.593. The van der Waals surface area contributed by atoms with Crippen LogP contribution in [0.3, 0.4) is 0 Å². The van der Waals surface area contributed by atoms with Gasteiger partial charge in [0.05, 0.1) is 12.2 Å². The molecule has 0 saturated carbocycles. The summed E-state index contributed by atoms with van der Waals surface area (Å²) in [6, 6.07) is 9.35. The SMILES string of the molecule is CC(C)(C)c1[nH]ncc1CN1CCC[C@@H]([C@@H](NC(=O)c2ccccc2)c2nccs2)C1. The van der Waals surface area contributed by atoms with E-state index in [0.717, 1.165) is 37.5 Å². The zero-order chi connectivity index (χ0) is 21.8. The van der Waals surface area contributed by atoms with Crippen molar-refractivity contribution < 1.29 is 4.79 Å². The number of aromatic nitrogens is 3. The number of piperidine rings is 1. The van der Waals surface area contributed by atoms with Crippen molar-refractivity contribution in [2.24, 2.45) is 5.92 Å². The van der Waals surface area contributed by atoms with Crippen molar-refractivity contribution in [1.82, 2.24) is 25.4 Å². The van der Waals surface area contributed by atoms with Crippen LogP contribution in [0.4, 0.5) is 0 Å². The van der Waals surface area contributed by atoms with Crippen LogP contribution >= 0.6 is 11.3 Å². The average molecular weight is 438 g/mol. The molecule has 1 aromatic carbocycles. The fraction of sp³-hybridized carbons (Fsp3) is 0.458. The molecule has 3 aromatic rings. The Kier molecular flexibility index (Phi) is 6.53. The van der Waals surface area contributed by atoms with Crippen LogP contribution in [0.2, 0.25) is 0 Å². The van der Waals surface area contributed by atoms with Crippen LogP contribution in [0.5, 0.6) is 0 Å². The van der Waals surface area contributed by atoms with Crippen molar-refractivity contribution in [3.05, 3.63) is 69.9 Å². The predicted octanol–water partition coefficient (Wildman–Crippen LogP) is 4.55. The first kappa shape index (κ1) is 21.7. The summed E-state index contributed by atoms with van der Waals surface area (Å²) in [6.07, 6.45) is 5.97. The normalized spacial score (nSPS) is 18.6. The van der Waals surface area contributed by atoms with Gasteiger partial charge in [-0.3, -0.25) is 14.8 Å². The highest BCUT2D eigenvalue weighted by Gasteiger charge is 2.32. The molecule has 0 unspecified atom stereocenters. The van der Waals surface area contributed by atoms with E-state index in [9.17, 15) is 4.79 Å². The van der Waals surface area contributed by atoms with Crippen molar-refractivity contribution in [3.63, 3.8) is 0 Å². The summed E-state index contributed by atoms with van der Waals surface area (Å²) in [6.45, 7) is 9.48. The Labute approximate surface area is 188 Å². The van der Waals surface area contributed by atoms with E-state index < -0.39 is 0 Å². The van der Waals surface area contributed by atoms with E-state index in [1.165, 1.54) is 11.3 Å². The number of hydrogen-bond donors (Lipinski definition) is 2. The molecular formula is C24H31N5OS. The number of aromatic amines is 1. The number of carbonyl (C=O) groups excluding carboxylic acids is 1. The summed E-state index contributed by atoms with van der Waals surface area (Å²) in [5, 5.41) is 13.7. The second-order valence-corrected chi connectivity index (χ2v) is 10.3. The number of likely N-dealkylation sites (tertiary alicyclic amines) is 1. The van der Waals surface area contributed by atoms with Gasteiger partial charge < -0.3 is 5.32 Å². The zero-order valence-corrected chi connectivity index (χ0v) is 19.3. The third-order valence-electron chi connectivity index (χ3n) is 5.92. The third kappa shape index (κ3) is 5.22. The van der Waals surface area contributed by atoms with Crippen molar-refractivity contribution in [1.29, 1.82) is 0 Å². The Hall–Kier alpha value is -2.51. The fourth-order valence-corrected chi connectivity index (χ4v) is 5.19. The van der Waals surface area contributed by atoms with Crippen LogP contribution in [0.25, 0.3) is 0 Å².